The number of hydrogen-bond acceptors (Lipinski definition) is 36. The number of anilines is 4. The summed E-state index contributed by atoms with van der Waals surface area (Å²) in [6, 6.07) is 49.2. The van der Waals surface area contributed by atoms with Gasteiger partial charge in [-0.25, -0.2) is 29.5 Å². The van der Waals surface area contributed by atoms with E-state index in [9.17, 15) is 44.7 Å². The van der Waals surface area contributed by atoms with Crippen molar-refractivity contribution in [3.63, 3.8) is 0 Å². The molecule has 4 amide bonds. The second-order valence-electron chi connectivity index (χ2n) is 30.1. The smallest absolute Gasteiger partial charge is 0.407 e. The fraction of sp³-hybridized carbons (Fsp3) is 0.468. The van der Waals surface area contributed by atoms with Crippen LogP contribution in [0.3, 0.4) is 0 Å². The fourth-order valence-corrected chi connectivity index (χ4v) is 11.2. The topological polar surface area (TPSA) is 677 Å². The molecule has 40 nitrogen and oxygen atoms in total. The quantitative estimate of drug-likeness (QED) is 0.0109. The molecule has 1 saturated carbocycles. The predicted octanol–water partition coefficient (Wildman–Crippen LogP) is 6.58. The van der Waals surface area contributed by atoms with E-state index in [1.54, 1.807) is 25.3 Å². The fourth-order valence-electron chi connectivity index (χ4n) is 10.7. The number of unbranched alkanes of at least 4 members (excludes halogenated alkanes) is 4. The standard InChI is InChI=1S/C24H33NO7.C22H32ClN7O6.C18H21NO3.C16H27NO5.C7H9ClN6OS.C4H8O.C2H6O.CH4/c26-14-21(27)16-30-17-22(28)18-31-23-11-9-19(10-12-23)6-4-5-13-25-24(29)32-15-20-7-2-1-3-8-20;23-18-20(25)29-19(24)17(28-18)21(34)30-22(26)27-8-2-1-3-13-4-6-16(7-5-13)36-12-15(33)11-35-10-14(32)9-31;20-17-11-9-15(10-12-17)6-4-5-13-19-18(21)22-14-16-7-2-1-3-8-16;17-8-2-1-3-13-4-6-16(7-5-13)22-12-15(20)11-21-10-14(19)9-18;1-16-7(11)14-6(15)2-4(9)13-5(10)3(8)12-2;5-3-4-1-2-4;1-2-3;/h1-3,7-12,21-22,26-28H,4-6,13-18H2,(H,25,29);4-7,14-15,31-33H,1-3,8-12H2,(H4,24,25,29)(H3,26,27,30,34);1-3,7-12,20H,4-6,13-14H2,(H,19,21);4-7,14-15,18-20H,1-3,8-12,17H2;1H3,(H4,9,10,13)(H2,11,14,15);4-5H,1-3H2;3H,2H2,1H3;1H4. The number of thioether (sulfide) groups is 1. The molecule has 6 atom stereocenters. The molecule has 9 rings (SSSR count). The molecular weight excluding hydrogens is 1840 g/mol. The first-order valence-corrected chi connectivity index (χ1v) is 46.0. The van der Waals surface area contributed by atoms with Crippen molar-refractivity contribution in [2.24, 2.45) is 22.4 Å². The highest BCUT2D eigenvalue weighted by Crippen LogP contribution is 2.27. The van der Waals surface area contributed by atoms with Crippen LogP contribution < -0.4 is 69.9 Å². The van der Waals surface area contributed by atoms with E-state index in [-0.39, 0.29) is 161 Å². The Morgan fingerprint density at radius 1 is 0.460 bits per heavy atom. The van der Waals surface area contributed by atoms with Gasteiger partial charge >= 0.3 is 12.2 Å². The number of aliphatic hydroxyl groups excluding tert-OH is 11. The number of nitrogens with two attached hydrogens (primary N) is 6. The zero-order valence-corrected chi connectivity index (χ0v) is 79.1. The number of aryl methyl sites for hydroxylation is 4. The molecule has 0 aliphatic heterocycles. The van der Waals surface area contributed by atoms with Crippen LogP contribution in [-0.2, 0) is 62.6 Å². The van der Waals surface area contributed by atoms with Crippen molar-refractivity contribution in [3.8, 4) is 23.0 Å². The number of amidine groups is 1. The summed E-state index contributed by atoms with van der Waals surface area (Å²) in [7, 11) is 0. The second-order valence-corrected chi connectivity index (χ2v) is 31.7. The first-order chi connectivity index (χ1) is 65.4. The number of nitrogens with zero attached hydrogens (tertiary/aromatic N) is 5. The number of carbonyl (C=O) groups excluding carboxylic acids is 4. The molecule has 2 aromatic heterocycles. The molecule has 6 unspecified atom stereocenters. The van der Waals surface area contributed by atoms with Crippen LogP contribution in [0.25, 0.3) is 0 Å². The number of aliphatic hydroxyl groups is 11. The van der Waals surface area contributed by atoms with Crippen LogP contribution in [0.1, 0.15) is 133 Å². The normalized spacial score (nSPS) is 12.5. The molecular formula is C94H140Cl2N16O24S. The maximum atomic E-state index is 12.2. The Hall–Kier alpha value is -11.2. The molecule has 0 bridgehead atoms. The molecule has 1 aliphatic carbocycles. The highest BCUT2D eigenvalue weighted by Gasteiger charge is 2.21. The minimum Gasteiger partial charge on any atom is -0.508 e. The number of aromatic hydroxyl groups is 1. The van der Waals surface area contributed by atoms with E-state index in [4.69, 9.17) is 137 Å². The van der Waals surface area contributed by atoms with Gasteiger partial charge in [0, 0.05) is 32.8 Å². The molecule has 6 aromatic carbocycles. The van der Waals surface area contributed by atoms with Gasteiger partial charge in [-0.05, 0) is 197 Å². The third-order valence-electron chi connectivity index (χ3n) is 18.2. The molecule has 2 heterocycles. The lowest BCUT2D eigenvalue weighted by molar-refractivity contribution is -0.0337. The van der Waals surface area contributed by atoms with E-state index in [1.165, 1.54) is 24.0 Å². The monoisotopic (exact) mass is 1980 g/mol. The number of aromatic nitrogens is 4. The highest BCUT2D eigenvalue weighted by molar-refractivity contribution is 8.13. The Bertz CT molecular complexity index is 4590. The van der Waals surface area contributed by atoms with Crippen LogP contribution >= 0.6 is 35.0 Å². The summed E-state index contributed by atoms with van der Waals surface area (Å²) >= 11 is 12.4. The second kappa shape index (κ2) is 74.9. The van der Waals surface area contributed by atoms with Crippen LogP contribution in [0.2, 0.25) is 10.3 Å². The first kappa shape index (κ1) is 122. The van der Waals surface area contributed by atoms with E-state index in [0.717, 1.165) is 118 Å². The van der Waals surface area contributed by atoms with Crippen molar-refractivity contribution in [2.45, 2.75) is 154 Å². The van der Waals surface area contributed by atoms with E-state index < -0.39 is 61.1 Å². The Labute approximate surface area is 814 Å². The number of hydrogen-bond donors (Lipinski definition) is 23. The number of guanidine groups is 1. The average Bonchev–Trinajstić information content (AvgIpc) is 1.59. The molecule has 1 aliphatic rings. The number of phenols is 1. The van der Waals surface area contributed by atoms with Crippen molar-refractivity contribution in [2.75, 3.05) is 148 Å². The number of benzene rings is 6. The zero-order chi connectivity index (χ0) is 100. The molecule has 1 fully saturated rings. The van der Waals surface area contributed by atoms with Crippen molar-refractivity contribution in [1.29, 1.82) is 5.41 Å². The SMILES string of the molecule is C.CCO.CSC(=N)NC(=O)c1nc(Cl)c(N)nc1N.NC(=NCCCCc1ccc(OCC(O)COCC(O)CO)cc1)NC(=O)c1nc(Cl)c(N)nc1N.NCCCCc1ccc(OCC(O)COCC(O)CO)cc1.O=C(NCCCCc1ccc(O)cc1)OCc1ccccc1.O=C(NCCCCc1ccc(OCC(O)COCC(O)CO)cc1)OCc1ccccc1.OCC1CC1. The molecule has 137 heavy (non-hydrogen) atoms. The first-order valence-electron chi connectivity index (χ1n) is 44.1. The largest absolute Gasteiger partial charge is 0.508 e. The molecule has 8 aromatic rings. The highest BCUT2D eigenvalue weighted by atomic mass is 35.5. The summed E-state index contributed by atoms with van der Waals surface area (Å²) < 4.78 is 42.1. The summed E-state index contributed by atoms with van der Waals surface area (Å²) in [4.78, 5) is 66.0. The van der Waals surface area contributed by atoms with Crippen molar-refractivity contribution >= 4 is 93.4 Å². The van der Waals surface area contributed by atoms with Crippen molar-refractivity contribution in [1.82, 2.24) is 41.2 Å². The van der Waals surface area contributed by atoms with Crippen LogP contribution in [-0.4, -0.2) is 278 Å². The van der Waals surface area contributed by atoms with Gasteiger partial charge < -0.3 is 150 Å². The molecule has 760 valence electrons. The Balaban J connectivity index is 0.000000578. The minimum absolute atomic E-state index is 0. The van der Waals surface area contributed by atoms with Crippen molar-refractivity contribution in [3.05, 3.63) is 213 Å². The molecule has 0 spiro atoms. The summed E-state index contributed by atoms with van der Waals surface area (Å²) in [6.07, 6.45) is 9.01. The Morgan fingerprint density at radius 2 is 0.788 bits per heavy atom. The van der Waals surface area contributed by atoms with Crippen LogP contribution in [0, 0.1) is 11.3 Å². The number of ether oxygens (including phenoxy) is 8. The third-order valence-corrected chi connectivity index (χ3v) is 19.3. The van der Waals surface area contributed by atoms with Gasteiger partial charge in [-0.15, -0.1) is 0 Å². The lowest BCUT2D eigenvalue weighted by Gasteiger charge is -2.14. The number of aliphatic imine (C=N–C) groups is 1. The molecule has 0 radical (unpaired) electrons. The Morgan fingerprint density at radius 3 is 1.11 bits per heavy atom. The summed E-state index contributed by atoms with van der Waals surface area (Å²) in [6.45, 7) is 4.23. The van der Waals surface area contributed by atoms with Crippen LogP contribution in [0.5, 0.6) is 23.0 Å². The summed E-state index contributed by atoms with van der Waals surface area (Å²) in [5, 5.41) is 125. The lowest BCUT2D eigenvalue weighted by atomic mass is 10.1. The van der Waals surface area contributed by atoms with E-state index >= 15 is 0 Å². The van der Waals surface area contributed by atoms with E-state index in [2.05, 4.69) is 46.2 Å². The van der Waals surface area contributed by atoms with Gasteiger partial charge in [-0.2, -0.15) is 0 Å². The van der Waals surface area contributed by atoms with E-state index in [0.29, 0.717) is 56.0 Å². The lowest BCUT2D eigenvalue weighted by Crippen LogP contribution is -2.38. The van der Waals surface area contributed by atoms with Gasteiger partial charge in [0.15, 0.2) is 56.1 Å². The van der Waals surface area contributed by atoms with Gasteiger partial charge in [0.05, 0.1) is 59.5 Å². The number of phenolic OH excluding ortho intramolecular Hbond substituents is 1. The number of nitrogen functional groups attached to an aromatic ring is 4. The van der Waals surface area contributed by atoms with Gasteiger partial charge in [0.1, 0.15) is 92.7 Å². The number of nitrogens with one attached hydrogen (secondary N) is 5. The molecule has 29 N–H and O–H groups in total. The summed E-state index contributed by atoms with van der Waals surface area (Å²) in [5.74, 6) is 1.08. The number of halogens is 2. The summed E-state index contributed by atoms with van der Waals surface area (Å²) in [5.41, 5.74) is 39.4. The predicted molar refractivity (Wildman–Crippen MR) is 527 cm³/mol. The number of carbonyl (C=O) groups is 4. The Kier molecular flexibility index (Phi) is 66.7. The van der Waals surface area contributed by atoms with Gasteiger partial charge in [0.25, 0.3) is 11.8 Å². The average molecular weight is 1980 g/mol. The minimum atomic E-state index is -0.966. The molecule has 0 saturated heterocycles. The van der Waals surface area contributed by atoms with Crippen LogP contribution in [0.4, 0.5) is 32.9 Å². The van der Waals surface area contributed by atoms with E-state index in [1.807, 2.05) is 146 Å². The number of alkyl carbamates (subject to hydrolysis) is 2. The zero-order valence-electron chi connectivity index (χ0n) is 76.7. The van der Waals surface area contributed by atoms with Gasteiger partial charge in [-0.3, -0.25) is 25.3 Å². The van der Waals surface area contributed by atoms with Gasteiger partial charge in [0.2, 0.25) is 0 Å². The maximum Gasteiger partial charge on any atom is 0.407 e. The third kappa shape index (κ3) is 59.6. The van der Waals surface area contributed by atoms with Gasteiger partial charge in [-0.1, -0.05) is 152 Å². The van der Waals surface area contributed by atoms with Crippen molar-refractivity contribution < 1.29 is 118 Å². The van der Waals surface area contributed by atoms with Crippen LogP contribution in [0.15, 0.2) is 163 Å². The molecule has 43 heteroatoms. The number of amides is 4. The maximum absolute atomic E-state index is 12.2. The number of rotatable bonds is 50.